The molecule has 36 heavy (non-hydrogen) atoms. The van der Waals surface area contributed by atoms with E-state index in [9.17, 15) is 9.59 Å². The lowest BCUT2D eigenvalue weighted by Crippen LogP contribution is -2.61. The maximum Gasteiger partial charge on any atom is 0.321 e. The normalized spacial score (nSPS) is 21.6. The molecule has 0 aliphatic carbocycles. The number of methoxy groups -OCH3 is 1. The number of anilines is 1. The third-order valence-corrected chi connectivity index (χ3v) is 7.61. The van der Waals surface area contributed by atoms with Gasteiger partial charge in [0.15, 0.2) is 5.82 Å². The standard InChI is InChI=1S/C25H40N8O3/c1-8-18-12-20(30(6)29-18)23(34)26-22-19-15-33(25(4,5)21(19)27-28-22)24(35)32-14-16(2)31(13-17(32)3)10-9-11-36-7/h12,16-17H,8-11,13-15H2,1-7H3,(H2,26,27,28,34)/t16-,17+/m1/s1. The first kappa shape index (κ1) is 26.2. The Hall–Kier alpha value is -2.92. The van der Waals surface area contributed by atoms with Crippen molar-refractivity contribution in [2.45, 2.75) is 71.6 Å². The van der Waals surface area contributed by atoms with Crippen LogP contribution < -0.4 is 5.32 Å². The van der Waals surface area contributed by atoms with E-state index in [1.54, 1.807) is 24.9 Å². The third-order valence-electron chi connectivity index (χ3n) is 7.61. The average Bonchev–Trinajstić information content (AvgIpc) is 3.49. The molecule has 1 fully saturated rings. The first-order valence-corrected chi connectivity index (χ1v) is 12.8. The SMILES string of the molecule is CCc1cc(C(=O)Nc2n[nH]c3c2CN(C(=O)N2C[C@@H](C)N(CCCOC)C[C@@H]2C)C3(C)C)n(C)n1. The molecular formula is C25H40N8O3. The van der Waals surface area contributed by atoms with Gasteiger partial charge in [0.1, 0.15) is 5.69 Å². The summed E-state index contributed by atoms with van der Waals surface area (Å²) in [5.41, 5.74) is 2.45. The molecule has 2 aliphatic heterocycles. The fourth-order valence-corrected chi connectivity index (χ4v) is 5.35. The molecule has 11 nitrogen and oxygen atoms in total. The number of aromatic amines is 1. The van der Waals surface area contributed by atoms with Crippen molar-refractivity contribution in [1.29, 1.82) is 0 Å². The Balaban J connectivity index is 1.47. The third kappa shape index (κ3) is 4.73. The molecule has 3 amide bonds. The molecule has 2 aromatic rings. The first-order chi connectivity index (χ1) is 17.1. The topological polar surface area (TPSA) is 112 Å². The molecule has 2 N–H and O–H groups in total. The number of ether oxygens (including phenoxy) is 1. The highest BCUT2D eigenvalue weighted by Gasteiger charge is 2.46. The van der Waals surface area contributed by atoms with Gasteiger partial charge in [-0.3, -0.25) is 19.5 Å². The predicted molar refractivity (Wildman–Crippen MR) is 137 cm³/mol. The molecular weight excluding hydrogens is 460 g/mol. The maximum absolute atomic E-state index is 13.8. The maximum atomic E-state index is 13.8. The second-order valence-corrected chi connectivity index (χ2v) is 10.5. The highest BCUT2D eigenvalue weighted by Crippen LogP contribution is 2.41. The summed E-state index contributed by atoms with van der Waals surface area (Å²) in [6, 6.07) is 2.17. The molecule has 2 aliphatic rings. The van der Waals surface area contributed by atoms with Gasteiger partial charge in [0.25, 0.3) is 5.91 Å². The number of nitrogens with one attached hydrogen (secondary N) is 2. The van der Waals surface area contributed by atoms with Gasteiger partial charge >= 0.3 is 6.03 Å². The summed E-state index contributed by atoms with van der Waals surface area (Å²) in [5, 5.41) is 14.8. The van der Waals surface area contributed by atoms with Crippen molar-refractivity contribution in [2.24, 2.45) is 7.05 Å². The Labute approximate surface area is 213 Å². The van der Waals surface area contributed by atoms with E-state index in [1.807, 2.05) is 30.6 Å². The van der Waals surface area contributed by atoms with Gasteiger partial charge in [-0.15, -0.1) is 0 Å². The molecule has 2 atom stereocenters. The van der Waals surface area contributed by atoms with E-state index in [4.69, 9.17) is 4.74 Å². The van der Waals surface area contributed by atoms with Gasteiger partial charge in [0, 0.05) is 58.0 Å². The summed E-state index contributed by atoms with van der Waals surface area (Å²) in [6.45, 7) is 13.9. The van der Waals surface area contributed by atoms with Gasteiger partial charge in [-0.25, -0.2) is 4.79 Å². The van der Waals surface area contributed by atoms with Crippen molar-refractivity contribution in [3.05, 3.63) is 28.7 Å². The minimum atomic E-state index is -0.580. The molecule has 4 heterocycles. The van der Waals surface area contributed by atoms with E-state index in [0.29, 0.717) is 24.6 Å². The number of nitrogens with zero attached hydrogens (tertiary/aromatic N) is 6. The zero-order valence-electron chi connectivity index (χ0n) is 22.6. The number of piperazine rings is 1. The summed E-state index contributed by atoms with van der Waals surface area (Å²) in [7, 11) is 3.48. The number of hydrogen-bond donors (Lipinski definition) is 2. The molecule has 0 bridgehead atoms. The number of H-pyrrole nitrogens is 1. The molecule has 198 valence electrons. The monoisotopic (exact) mass is 500 g/mol. The highest BCUT2D eigenvalue weighted by molar-refractivity contribution is 6.03. The van der Waals surface area contributed by atoms with E-state index in [0.717, 1.165) is 49.5 Å². The van der Waals surface area contributed by atoms with Crippen LogP contribution >= 0.6 is 0 Å². The second-order valence-electron chi connectivity index (χ2n) is 10.5. The Morgan fingerprint density at radius 3 is 2.67 bits per heavy atom. The average molecular weight is 501 g/mol. The van der Waals surface area contributed by atoms with Crippen molar-refractivity contribution >= 4 is 17.8 Å². The molecule has 4 rings (SSSR count). The zero-order chi connectivity index (χ0) is 26.2. The number of aryl methyl sites for hydroxylation is 2. The van der Waals surface area contributed by atoms with E-state index >= 15 is 0 Å². The van der Waals surface area contributed by atoms with Crippen LogP contribution in [0, 0.1) is 0 Å². The Kier molecular flexibility index (Phi) is 7.42. The van der Waals surface area contributed by atoms with Gasteiger partial charge < -0.3 is 19.9 Å². The van der Waals surface area contributed by atoms with E-state index in [2.05, 4.69) is 39.4 Å². The Morgan fingerprint density at radius 1 is 1.25 bits per heavy atom. The zero-order valence-corrected chi connectivity index (χ0v) is 22.6. The minimum absolute atomic E-state index is 0.0111. The number of hydrogen-bond acceptors (Lipinski definition) is 6. The first-order valence-electron chi connectivity index (χ1n) is 12.8. The van der Waals surface area contributed by atoms with E-state index in [1.165, 1.54) is 0 Å². The quantitative estimate of drug-likeness (QED) is 0.565. The lowest BCUT2D eigenvalue weighted by atomic mass is 10.0. The van der Waals surface area contributed by atoms with Crippen molar-refractivity contribution in [2.75, 3.05) is 38.7 Å². The Morgan fingerprint density at radius 2 is 2.00 bits per heavy atom. The van der Waals surface area contributed by atoms with Crippen LogP contribution in [-0.4, -0.2) is 92.1 Å². The molecule has 1 saturated heterocycles. The van der Waals surface area contributed by atoms with Crippen LogP contribution in [0.1, 0.15) is 68.5 Å². The molecule has 11 heteroatoms. The highest BCUT2D eigenvalue weighted by atomic mass is 16.5. The Bertz CT molecular complexity index is 1110. The second kappa shape index (κ2) is 10.2. The van der Waals surface area contributed by atoms with Crippen molar-refractivity contribution in [3.8, 4) is 0 Å². The molecule has 0 saturated carbocycles. The number of rotatable bonds is 7. The fraction of sp³-hybridized carbons (Fsp3) is 0.680. The van der Waals surface area contributed by atoms with Gasteiger partial charge in [-0.2, -0.15) is 10.2 Å². The van der Waals surface area contributed by atoms with Crippen molar-refractivity contribution in [3.63, 3.8) is 0 Å². The van der Waals surface area contributed by atoms with Crippen LogP contribution in [-0.2, 0) is 30.3 Å². The minimum Gasteiger partial charge on any atom is -0.385 e. The van der Waals surface area contributed by atoms with E-state index in [-0.39, 0.29) is 24.0 Å². The summed E-state index contributed by atoms with van der Waals surface area (Å²) < 4.78 is 6.78. The lowest BCUT2D eigenvalue weighted by Gasteiger charge is -2.46. The molecule has 2 aromatic heterocycles. The number of carbonyl (C=O) groups is 2. The van der Waals surface area contributed by atoms with Crippen LogP contribution in [0.5, 0.6) is 0 Å². The number of carbonyl (C=O) groups excluding carboxylic acids is 2. The molecule has 0 unspecified atom stereocenters. The van der Waals surface area contributed by atoms with Gasteiger partial charge in [0.05, 0.1) is 23.5 Å². The number of aromatic nitrogens is 4. The van der Waals surface area contributed by atoms with Gasteiger partial charge in [-0.1, -0.05) is 6.92 Å². The van der Waals surface area contributed by atoms with Crippen LogP contribution in [0.2, 0.25) is 0 Å². The number of fused-ring (bicyclic) bond motifs is 1. The van der Waals surface area contributed by atoms with Crippen LogP contribution in [0.15, 0.2) is 6.07 Å². The molecule has 0 aromatic carbocycles. The van der Waals surface area contributed by atoms with Crippen LogP contribution in [0.4, 0.5) is 10.6 Å². The lowest BCUT2D eigenvalue weighted by molar-refractivity contribution is 0.0315. The molecule has 0 spiro atoms. The summed E-state index contributed by atoms with van der Waals surface area (Å²) in [4.78, 5) is 33.1. The largest absolute Gasteiger partial charge is 0.385 e. The smallest absolute Gasteiger partial charge is 0.321 e. The fourth-order valence-electron chi connectivity index (χ4n) is 5.35. The summed E-state index contributed by atoms with van der Waals surface area (Å²) >= 11 is 0. The summed E-state index contributed by atoms with van der Waals surface area (Å²) in [5.74, 6) is 0.190. The van der Waals surface area contributed by atoms with Gasteiger partial charge in [-0.05, 0) is 46.6 Å². The van der Waals surface area contributed by atoms with Crippen LogP contribution in [0.3, 0.4) is 0 Å². The van der Waals surface area contributed by atoms with E-state index < -0.39 is 5.54 Å². The number of urea groups is 1. The van der Waals surface area contributed by atoms with Crippen LogP contribution in [0.25, 0.3) is 0 Å². The van der Waals surface area contributed by atoms with Crippen molar-refractivity contribution in [1.82, 2.24) is 34.7 Å². The van der Waals surface area contributed by atoms with Gasteiger partial charge in [0.2, 0.25) is 0 Å². The number of amides is 3. The summed E-state index contributed by atoms with van der Waals surface area (Å²) in [6.07, 6.45) is 1.73. The molecule has 0 radical (unpaired) electrons. The van der Waals surface area contributed by atoms with Crippen molar-refractivity contribution < 1.29 is 14.3 Å². The predicted octanol–water partition coefficient (Wildman–Crippen LogP) is 2.56.